The Kier molecular flexibility index (Phi) is 3.95. The lowest BCUT2D eigenvalue weighted by molar-refractivity contribution is 0.0696. The Morgan fingerprint density at radius 1 is 1.23 bits per heavy atom. The number of allylic oxidation sites excluding steroid dienone is 1. The third kappa shape index (κ3) is 2.63. The normalized spacial score (nSPS) is 19.1. The van der Waals surface area contributed by atoms with E-state index < -0.39 is 5.97 Å². The molecule has 0 radical (unpaired) electrons. The number of fused-ring (bicyclic) bond motifs is 1. The summed E-state index contributed by atoms with van der Waals surface area (Å²) in [4.78, 5) is 22.9. The minimum atomic E-state index is -0.989. The number of aliphatic imine (C=N–C) groups is 1. The number of para-hydroxylation sites is 2. The zero-order chi connectivity index (χ0) is 18.3. The van der Waals surface area contributed by atoms with Crippen molar-refractivity contribution >= 4 is 22.9 Å². The van der Waals surface area contributed by atoms with E-state index in [-0.39, 0.29) is 11.6 Å². The molecule has 1 N–H and O–H groups in total. The Hall–Kier alpha value is -3.15. The van der Waals surface area contributed by atoms with E-state index in [9.17, 15) is 9.90 Å². The molecule has 3 heterocycles. The number of rotatable bonds is 3. The highest BCUT2D eigenvalue weighted by atomic mass is 16.5. The monoisotopic (exact) mass is 349 g/mol. The van der Waals surface area contributed by atoms with Crippen LogP contribution >= 0.6 is 0 Å². The van der Waals surface area contributed by atoms with Crippen molar-refractivity contribution in [3.05, 3.63) is 59.5 Å². The predicted molar refractivity (Wildman–Crippen MR) is 99.7 cm³/mol. The van der Waals surface area contributed by atoms with Gasteiger partial charge in [-0.25, -0.2) is 4.79 Å². The van der Waals surface area contributed by atoms with Crippen LogP contribution in [0.25, 0.3) is 5.57 Å². The average molecular weight is 349 g/mol. The average Bonchev–Trinajstić information content (AvgIpc) is 3.05. The molecule has 0 saturated heterocycles. The van der Waals surface area contributed by atoms with Crippen molar-refractivity contribution in [1.29, 1.82) is 0 Å². The molecule has 26 heavy (non-hydrogen) atoms. The fourth-order valence-electron chi connectivity index (χ4n) is 3.69. The van der Waals surface area contributed by atoms with Gasteiger partial charge < -0.3 is 14.7 Å². The van der Waals surface area contributed by atoms with Gasteiger partial charge >= 0.3 is 5.97 Å². The minimum absolute atomic E-state index is 0.0795. The molecule has 6 heteroatoms. The lowest BCUT2D eigenvalue weighted by Gasteiger charge is -2.33. The molecule has 2 aliphatic rings. The van der Waals surface area contributed by atoms with E-state index >= 15 is 0 Å². The number of carboxylic acid groups (broad SMARTS) is 1. The van der Waals surface area contributed by atoms with Gasteiger partial charge in [0, 0.05) is 29.6 Å². The topological polar surface area (TPSA) is 75.0 Å². The van der Waals surface area contributed by atoms with Crippen molar-refractivity contribution in [2.75, 3.05) is 11.6 Å². The summed E-state index contributed by atoms with van der Waals surface area (Å²) >= 11 is 0. The Bertz CT molecular complexity index is 949. The van der Waals surface area contributed by atoms with E-state index in [0.29, 0.717) is 18.8 Å². The zero-order valence-corrected chi connectivity index (χ0v) is 14.6. The van der Waals surface area contributed by atoms with Crippen LogP contribution in [-0.2, 0) is 0 Å². The molecule has 1 aromatic heterocycles. The number of hydrogen-bond acceptors (Lipinski definition) is 5. The summed E-state index contributed by atoms with van der Waals surface area (Å²) in [5.41, 5.74) is 4.31. The molecule has 0 bridgehead atoms. The van der Waals surface area contributed by atoms with Crippen molar-refractivity contribution in [1.82, 2.24) is 4.98 Å². The lowest BCUT2D eigenvalue weighted by atomic mass is 9.90. The van der Waals surface area contributed by atoms with E-state index in [1.54, 1.807) is 18.3 Å². The molecular formula is C20H19N3O3. The maximum absolute atomic E-state index is 11.7. The first kappa shape index (κ1) is 16.3. The Labute approximate surface area is 151 Å². The number of benzene rings is 1. The minimum Gasteiger partial charge on any atom is -0.478 e. The smallest absolute Gasteiger partial charge is 0.337 e. The van der Waals surface area contributed by atoms with Crippen LogP contribution in [-0.4, -0.2) is 34.5 Å². The summed E-state index contributed by atoms with van der Waals surface area (Å²) in [6.45, 7) is 4.32. The van der Waals surface area contributed by atoms with Gasteiger partial charge in [0.25, 0.3) is 0 Å². The fraction of sp³-hybridized carbons (Fsp3) is 0.250. The van der Waals surface area contributed by atoms with Gasteiger partial charge in [0.1, 0.15) is 5.75 Å². The number of pyridine rings is 1. The summed E-state index contributed by atoms with van der Waals surface area (Å²) in [6, 6.07) is 11.0. The molecule has 0 spiro atoms. The summed E-state index contributed by atoms with van der Waals surface area (Å²) < 4.78 is 5.82. The zero-order valence-electron chi connectivity index (χ0n) is 14.6. The van der Waals surface area contributed by atoms with Gasteiger partial charge in [0.2, 0.25) is 0 Å². The number of nitrogens with zero attached hydrogens (tertiary/aromatic N) is 3. The summed E-state index contributed by atoms with van der Waals surface area (Å²) in [5.74, 6) is -0.152. The summed E-state index contributed by atoms with van der Waals surface area (Å²) in [6.07, 6.45) is 2.32. The number of aromatic carboxylic acids is 1. The maximum Gasteiger partial charge on any atom is 0.337 e. The van der Waals surface area contributed by atoms with E-state index in [1.165, 1.54) is 0 Å². The number of aromatic nitrogens is 1. The molecule has 0 saturated carbocycles. The second-order valence-corrected chi connectivity index (χ2v) is 6.48. The molecule has 1 unspecified atom stereocenters. The molecule has 6 nitrogen and oxygen atoms in total. The van der Waals surface area contributed by atoms with Gasteiger partial charge in [-0.1, -0.05) is 12.1 Å². The first-order valence-corrected chi connectivity index (χ1v) is 8.48. The van der Waals surface area contributed by atoms with Gasteiger partial charge in [-0.05, 0) is 38.1 Å². The molecule has 4 rings (SSSR count). The molecule has 2 aliphatic heterocycles. The quantitative estimate of drug-likeness (QED) is 0.916. The van der Waals surface area contributed by atoms with Gasteiger partial charge in [0.05, 0.1) is 23.0 Å². The van der Waals surface area contributed by atoms with Gasteiger partial charge in [-0.3, -0.25) is 9.98 Å². The highest BCUT2D eigenvalue weighted by molar-refractivity contribution is 5.98. The third-order valence-corrected chi connectivity index (χ3v) is 4.77. The number of anilines is 1. The standard InChI is InChI=1S/C20H19N3O3/c1-12-10-16(23-11-26-17-8-4-3-7-15(17)23)18(13(2)22-12)19-14(20(24)25)6-5-9-21-19/h3-9,16H,10-11H2,1-2H3,(H,24,25). The molecule has 1 atom stereocenters. The van der Waals surface area contributed by atoms with Crippen LogP contribution in [0.4, 0.5) is 5.69 Å². The molecule has 0 amide bonds. The van der Waals surface area contributed by atoms with E-state index in [1.807, 2.05) is 38.1 Å². The van der Waals surface area contributed by atoms with Gasteiger partial charge in [0.15, 0.2) is 6.73 Å². The Balaban J connectivity index is 1.86. The van der Waals surface area contributed by atoms with E-state index in [0.717, 1.165) is 28.4 Å². The predicted octanol–water partition coefficient (Wildman–Crippen LogP) is 3.60. The Morgan fingerprint density at radius 3 is 2.85 bits per heavy atom. The molecule has 0 aliphatic carbocycles. The number of hydrogen-bond donors (Lipinski definition) is 1. The van der Waals surface area contributed by atoms with Crippen LogP contribution in [0.15, 0.2) is 53.3 Å². The number of carboxylic acids is 1. The van der Waals surface area contributed by atoms with Crippen molar-refractivity contribution in [3.63, 3.8) is 0 Å². The molecule has 1 aromatic carbocycles. The third-order valence-electron chi connectivity index (χ3n) is 4.77. The van der Waals surface area contributed by atoms with Crippen LogP contribution in [0.2, 0.25) is 0 Å². The molecule has 132 valence electrons. The van der Waals surface area contributed by atoms with Crippen LogP contribution < -0.4 is 9.64 Å². The van der Waals surface area contributed by atoms with Gasteiger partial charge in [-0.15, -0.1) is 0 Å². The van der Waals surface area contributed by atoms with Crippen LogP contribution in [0.1, 0.15) is 36.3 Å². The first-order valence-electron chi connectivity index (χ1n) is 8.48. The molecule has 0 fully saturated rings. The summed E-state index contributed by atoms with van der Waals surface area (Å²) in [5, 5.41) is 9.61. The fourth-order valence-corrected chi connectivity index (χ4v) is 3.69. The van der Waals surface area contributed by atoms with Crippen molar-refractivity contribution in [2.24, 2.45) is 4.99 Å². The van der Waals surface area contributed by atoms with Crippen LogP contribution in [0, 0.1) is 0 Å². The van der Waals surface area contributed by atoms with Gasteiger partial charge in [-0.2, -0.15) is 0 Å². The highest BCUT2D eigenvalue weighted by Gasteiger charge is 2.35. The molecule has 2 aromatic rings. The number of carbonyl (C=O) groups is 1. The molecular weight excluding hydrogens is 330 g/mol. The largest absolute Gasteiger partial charge is 0.478 e. The van der Waals surface area contributed by atoms with Crippen molar-refractivity contribution < 1.29 is 14.6 Å². The van der Waals surface area contributed by atoms with E-state index in [2.05, 4.69) is 14.9 Å². The van der Waals surface area contributed by atoms with Crippen LogP contribution in [0.5, 0.6) is 5.75 Å². The second-order valence-electron chi connectivity index (χ2n) is 6.48. The summed E-state index contributed by atoms with van der Waals surface area (Å²) in [7, 11) is 0. The maximum atomic E-state index is 11.7. The SMILES string of the molecule is CC1=NC(C)=C(c2ncccc2C(=O)O)C(N2COc3ccccc32)C1. The Morgan fingerprint density at radius 2 is 2.04 bits per heavy atom. The van der Waals surface area contributed by atoms with E-state index in [4.69, 9.17) is 4.74 Å². The highest BCUT2D eigenvalue weighted by Crippen LogP contribution is 2.41. The lowest BCUT2D eigenvalue weighted by Crippen LogP contribution is -2.39. The van der Waals surface area contributed by atoms with Crippen LogP contribution in [0.3, 0.4) is 0 Å². The number of ether oxygens (including phenoxy) is 1. The van der Waals surface area contributed by atoms with Crippen molar-refractivity contribution in [2.45, 2.75) is 26.3 Å². The first-order chi connectivity index (χ1) is 12.6. The second kappa shape index (κ2) is 6.29. The van der Waals surface area contributed by atoms with Crippen molar-refractivity contribution in [3.8, 4) is 5.75 Å².